The molecule has 2 aromatic heterocycles. The Labute approximate surface area is 148 Å². The molecule has 0 aliphatic heterocycles. The minimum Gasteiger partial charge on any atom is -0.322 e. The van der Waals surface area contributed by atoms with Crippen LogP contribution >= 0.6 is 11.5 Å². The zero-order valence-corrected chi connectivity index (χ0v) is 14.7. The first kappa shape index (κ1) is 16.0. The molecule has 0 spiro atoms. The molecule has 0 fully saturated rings. The van der Waals surface area contributed by atoms with Crippen LogP contribution in [-0.2, 0) is 19.3 Å². The number of nitrogens with one attached hydrogen (secondary N) is 2. The van der Waals surface area contributed by atoms with Gasteiger partial charge < -0.3 is 10.3 Å². The SMILES string of the molecule is CCCc1nnsc1C(=O)Nc1ccc2c3c(c(=O)[nH]c2c1)CCC3. The predicted octanol–water partition coefficient (Wildman–Crippen LogP) is 3.07. The number of aromatic nitrogens is 3. The van der Waals surface area contributed by atoms with Crippen molar-refractivity contribution in [3.63, 3.8) is 0 Å². The van der Waals surface area contributed by atoms with Gasteiger partial charge in [0.15, 0.2) is 0 Å². The molecule has 1 aromatic carbocycles. The highest BCUT2D eigenvalue weighted by Crippen LogP contribution is 2.28. The van der Waals surface area contributed by atoms with Crippen LogP contribution in [0.25, 0.3) is 10.9 Å². The van der Waals surface area contributed by atoms with Crippen LogP contribution in [0.4, 0.5) is 5.69 Å². The maximum atomic E-state index is 12.5. The Morgan fingerprint density at radius 2 is 2.16 bits per heavy atom. The second kappa shape index (κ2) is 6.40. The van der Waals surface area contributed by atoms with E-state index >= 15 is 0 Å². The molecule has 1 amide bonds. The van der Waals surface area contributed by atoms with E-state index in [1.807, 2.05) is 25.1 Å². The summed E-state index contributed by atoms with van der Waals surface area (Å²) in [4.78, 5) is 28.2. The number of carbonyl (C=O) groups excluding carboxylic acids is 1. The van der Waals surface area contributed by atoms with E-state index < -0.39 is 0 Å². The van der Waals surface area contributed by atoms with Gasteiger partial charge in [0.25, 0.3) is 11.5 Å². The molecule has 3 aromatic rings. The molecule has 128 valence electrons. The zero-order chi connectivity index (χ0) is 17.4. The van der Waals surface area contributed by atoms with Gasteiger partial charge in [-0.1, -0.05) is 23.9 Å². The molecule has 0 saturated heterocycles. The van der Waals surface area contributed by atoms with Crippen molar-refractivity contribution in [3.8, 4) is 0 Å². The number of aryl methyl sites for hydroxylation is 2. The molecule has 0 bridgehead atoms. The number of carbonyl (C=O) groups is 1. The molecule has 1 aliphatic carbocycles. The molecule has 0 radical (unpaired) electrons. The second-order valence-corrected chi connectivity index (χ2v) is 7.03. The van der Waals surface area contributed by atoms with Gasteiger partial charge in [-0.05, 0) is 54.9 Å². The minimum absolute atomic E-state index is 0.0136. The average molecular weight is 354 g/mol. The van der Waals surface area contributed by atoms with Crippen molar-refractivity contribution >= 4 is 34.0 Å². The Morgan fingerprint density at radius 3 is 3.00 bits per heavy atom. The maximum absolute atomic E-state index is 12.5. The van der Waals surface area contributed by atoms with Gasteiger partial charge in [0.1, 0.15) is 4.88 Å². The molecule has 2 N–H and O–H groups in total. The Bertz CT molecular complexity index is 1020. The summed E-state index contributed by atoms with van der Waals surface area (Å²) < 4.78 is 3.89. The van der Waals surface area contributed by atoms with Crippen LogP contribution in [-0.4, -0.2) is 20.5 Å². The average Bonchev–Trinajstić information content (AvgIpc) is 3.24. The first-order valence-corrected chi connectivity index (χ1v) is 9.25. The fraction of sp³-hybridized carbons (Fsp3) is 0.333. The van der Waals surface area contributed by atoms with Gasteiger partial charge in [-0.3, -0.25) is 9.59 Å². The Balaban J connectivity index is 1.66. The van der Waals surface area contributed by atoms with E-state index in [0.717, 1.165) is 71.4 Å². The molecule has 0 atom stereocenters. The van der Waals surface area contributed by atoms with Crippen LogP contribution in [0, 0.1) is 0 Å². The van der Waals surface area contributed by atoms with Gasteiger partial charge in [-0.15, -0.1) is 5.10 Å². The number of aromatic amines is 1. The van der Waals surface area contributed by atoms with E-state index in [2.05, 4.69) is 19.9 Å². The number of hydrogen-bond acceptors (Lipinski definition) is 5. The monoisotopic (exact) mass is 354 g/mol. The van der Waals surface area contributed by atoms with Crippen LogP contribution < -0.4 is 10.9 Å². The van der Waals surface area contributed by atoms with Crippen molar-refractivity contribution in [1.82, 2.24) is 14.6 Å². The van der Waals surface area contributed by atoms with Crippen LogP contribution in [0.3, 0.4) is 0 Å². The number of amides is 1. The lowest BCUT2D eigenvalue weighted by Crippen LogP contribution is -2.14. The Kier molecular flexibility index (Phi) is 4.09. The number of pyridine rings is 1. The largest absolute Gasteiger partial charge is 0.322 e. The molecule has 7 heteroatoms. The van der Waals surface area contributed by atoms with Crippen molar-refractivity contribution in [2.45, 2.75) is 39.0 Å². The number of benzene rings is 1. The third-order valence-electron chi connectivity index (χ3n) is 4.59. The van der Waals surface area contributed by atoms with Crippen molar-refractivity contribution in [2.75, 3.05) is 5.32 Å². The van der Waals surface area contributed by atoms with Gasteiger partial charge in [-0.2, -0.15) is 0 Å². The number of fused-ring (bicyclic) bond motifs is 3. The quantitative estimate of drug-likeness (QED) is 0.754. The maximum Gasteiger partial charge on any atom is 0.269 e. The van der Waals surface area contributed by atoms with Gasteiger partial charge in [-0.25, -0.2) is 0 Å². The second-order valence-electron chi connectivity index (χ2n) is 6.28. The van der Waals surface area contributed by atoms with E-state index in [9.17, 15) is 9.59 Å². The van der Waals surface area contributed by atoms with Crippen molar-refractivity contribution in [3.05, 3.63) is 50.3 Å². The third-order valence-corrected chi connectivity index (χ3v) is 5.36. The topological polar surface area (TPSA) is 87.7 Å². The summed E-state index contributed by atoms with van der Waals surface area (Å²) in [5.41, 5.74) is 4.19. The zero-order valence-electron chi connectivity index (χ0n) is 13.9. The molecular weight excluding hydrogens is 336 g/mol. The molecule has 2 heterocycles. The van der Waals surface area contributed by atoms with E-state index in [0.29, 0.717) is 10.6 Å². The summed E-state index contributed by atoms with van der Waals surface area (Å²) in [6, 6.07) is 5.68. The van der Waals surface area contributed by atoms with Gasteiger partial charge in [0, 0.05) is 16.6 Å². The lowest BCUT2D eigenvalue weighted by Gasteiger charge is -2.09. The van der Waals surface area contributed by atoms with Crippen molar-refractivity contribution in [2.24, 2.45) is 0 Å². The van der Waals surface area contributed by atoms with E-state index in [4.69, 9.17) is 0 Å². The van der Waals surface area contributed by atoms with Crippen LogP contribution in [0.2, 0.25) is 0 Å². The highest BCUT2D eigenvalue weighted by atomic mass is 32.1. The third kappa shape index (κ3) is 2.84. The standard InChI is InChI=1S/C18H18N4O2S/c1-2-4-14-16(25-22-21-14)18(24)19-10-7-8-12-11-5-3-6-13(11)17(23)20-15(12)9-10/h7-9H,2-6H2,1H3,(H,19,24)(H,20,23). The molecular formula is C18H18N4O2S. The predicted molar refractivity (Wildman–Crippen MR) is 98.5 cm³/mol. The first-order chi connectivity index (χ1) is 12.2. The van der Waals surface area contributed by atoms with Crippen molar-refractivity contribution < 1.29 is 4.79 Å². The summed E-state index contributed by atoms with van der Waals surface area (Å²) in [5, 5.41) is 7.99. The molecule has 4 rings (SSSR count). The highest BCUT2D eigenvalue weighted by Gasteiger charge is 2.19. The van der Waals surface area contributed by atoms with Crippen LogP contribution in [0.15, 0.2) is 23.0 Å². The number of rotatable bonds is 4. The summed E-state index contributed by atoms with van der Waals surface area (Å²) >= 11 is 1.11. The fourth-order valence-electron chi connectivity index (χ4n) is 3.45. The van der Waals surface area contributed by atoms with Crippen molar-refractivity contribution in [1.29, 1.82) is 0 Å². The Hall–Kier alpha value is -2.54. The minimum atomic E-state index is -0.207. The first-order valence-electron chi connectivity index (χ1n) is 8.47. The molecule has 25 heavy (non-hydrogen) atoms. The molecule has 1 aliphatic rings. The fourth-order valence-corrected chi connectivity index (χ4v) is 4.05. The summed E-state index contributed by atoms with van der Waals surface area (Å²) in [5.74, 6) is -0.207. The lowest BCUT2D eigenvalue weighted by molar-refractivity contribution is 0.102. The number of H-pyrrole nitrogens is 1. The van der Waals surface area contributed by atoms with Crippen LogP contribution in [0.5, 0.6) is 0 Å². The number of anilines is 1. The lowest BCUT2D eigenvalue weighted by atomic mass is 10.1. The van der Waals surface area contributed by atoms with E-state index in [1.54, 1.807) is 0 Å². The van der Waals surface area contributed by atoms with E-state index in [1.165, 1.54) is 0 Å². The molecule has 6 nitrogen and oxygen atoms in total. The summed E-state index contributed by atoms with van der Waals surface area (Å²) in [6.07, 6.45) is 4.45. The molecule has 0 unspecified atom stereocenters. The van der Waals surface area contributed by atoms with Gasteiger partial charge >= 0.3 is 0 Å². The van der Waals surface area contributed by atoms with E-state index in [-0.39, 0.29) is 11.5 Å². The number of hydrogen-bond donors (Lipinski definition) is 2. The smallest absolute Gasteiger partial charge is 0.269 e. The normalized spacial score (nSPS) is 13.2. The number of nitrogens with zero attached hydrogens (tertiary/aromatic N) is 2. The van der Waals surface area contributed by atoms with Crippen LogP contribution in [0.1, 0.15) is 46.3 Å². The highest BCUT2D eigenvalue weighted by molar-refractivity contribution is 7.08. The summed E-state index contributed by atoms with van der Waals surface area (Å²) in [7, 11) is 0. The molecule has 0 saturated carbocycles. The van der Waals surface area contributed by atoms with Gasteiger partial charge in [0.05, 0.1) is 11.2 Å². The van der Waals surface area contributed by atoms with Gasteiger partial charge in [0.2, 0.25) is 0 Å². The summed E-state index contributed by atoms with van der Waals surface area (Å²) in [6.45, 7) is 2.04. The Morgan fingerprint density at radius 1 is 1.32 bits per heavy atom.